The molecule has 8 heteroatoms. The standard InChI is InChI=1S/C52H36N8/c53-50(39-22-12-4-13-23-39)60-51(56-33-36-16-6-1-7-17-36)42-27-29-45(55-35-42)49-31-43(37-18-8-2-9-19-37)30-48(57-49)44-28-26-41(34-54-44)47-32-46(38-20-10-3-11-21-38)58-52(59-47)40-24-14-5-15-25-40/h1-35,53H. The molecule has 0 aliphatic heterocycles. The summed E-state index contributed by atoms with van der Waals surface area (Å²) in [4.78, 5) is 34.2. The van der Waals surface area contributed by atoms with E-state index in [1.807, 2.05) is 170 Å². The van der Waals surface area contributed by atoms with Gasteiger partial charge in [-0.2, -0.15) is 0 Å². The van der Waals surface area contributed by atoms with Crippen LogP contribution in [0.3, 0.4) is 0 Å². The first-order valence-electron chi connectivity index (χ1n) is 19.5. The van der Waals surface area contributed by atoms with Crippen LogP contribution in [-0.2, 0) is 0 Å². The maximum Gasteiger partial charge on any atom is 0.163 e. The molecular weight excluding hydrogens is 737 g/mol. The highest BCUT2D eigenvalue weighted by Crippen LogP contribution is 2.31. The number of hydrogen-bond acceptors (Lipinski definition) is 6. The highest BCUT2D eigenvalue weighted by molar-refractivity contribution is 6.13. The van der Waals surface area contributed by atoms with E-state index in [1.165, 1.54) is 0 Å². The maximum absolute atomic E-state index is 8.73. The molecule has 1 N–H and O–H groups in total. The van der Waals surface area contributed by atoms with E-state index in [2.05, 4.69) is 35.3 Å². The predicted molar refractivity (Wildman–Crippen MR) is 242 cm³/mol. The van der Waals surface area contributed by atoms with Gasteiger partial charge in [0.1, 0.15) is 0 Å². The Morgan fingerprint density at radius 2 is 0.933 bits per heavy atom. The van der Waals surface area contributed by atoms with Crippen LogP contribution in [0.2, 0.25) is 0 Å². The molecule has 9 rings (SSSR count). The second kappa shape index (κ2) is 17.4. The average molecular weight is 773 g/mol. The van der Waals surface area contributed by atoms with Crippen molar-refractivity contribution in [2.45, 2.75) is 0 Å². The third kappa shape index (κ3) is 8.63. The molecule has 0 spiro atoms. The van der Waals surface area contributed by atoms with E-state index in [4.69, 9.17) is 35.3 Å². The van der Waals surface area contributed by atoms with Crippen LogP contribution >= 0.6 is 0 Å². The minimum atomic E-state index is 0.105. The molecule has 0 unspecified atom stereocenters. The van der Waals surface area contributed by atoms with Gasteiger partial charge in [0.15, 0.2) is 17.5 Å². The Bertz CT molecular complexity index is 2880. The molecule has 0 radical (unpaired) electrons. The monoisotopic (exact) mass is 772 g/mol. The largest absolute Gasteiger partial charge is 0.282 e. The van der Waals surface area contributed by atoms with Crippen molar-refractivity contribution in [1.82, 2.24) is 24.9 Å². The van der Waals surface area contributed by atoms with Crippen molar-refractivity contribution in [3.05, 3.63) is 223 Å². The third-order valence-corrected chi connectivity index (χ3v) is 9.77. The van der Waals surface area contributed by atoms with Crippen LogP contribution < -0.4 is 0 Å². The van der Waals surface area contributed by atoms with Gasteiger partial charge in [0.2, 0.25) is 0 Å². The zero-order valence-electron chi connectivity index (χ0n) is 32.3. The maximum atomic E-state index is 8.73. The van der Waals surface area contributed by atoms with E-state index in [-0.39, 0.29) is 5.84 Å². The highest BCUT2D eigenvalue weighted by Gasteiger charge is 2.15. The van der Waals surface area contributed by atoms with Gasteiger partial charge in [-0.15, -0.1) is 0 Å². The number of benzene rings is 5. The summed E-state index contributed by atoms with van der Waals surface area (Å²) < 4.78 is 0. The fourth-order valence-corrected chi connectivity index (χ4v) is 6.64. The molecule has 8 nitrogen and oxygen atoms in total. The summed E-state index contributed by atoms with van der Waals surface area (Å²) >= 11 is 0. The van der Waals surface area contributed by atoms with Gasteiger partial charge in [0, 0.05) is 46.4 Å². The molecule has 284 valence electrons. The van der Waals surface area contributed by atoms with Gasteiger partial charge in [0.25, 0.3) is 0 Å². The van der Waals surface area contributed by atoms with Crippen LogP contribution in [0.1, 0.15) is 16.7 Å². The molecule has 0 saturated heterocycles. The summed E-state index contributed by atoms with van der Waals surface area (Å²) in [6, 6.07) is 63.5. The number of aliphatic imine (C=N–C) groups is 2. The number of hydrogen-bond donors (Lipinski definition) is 1. The number of nitrogens with one attached hydrogen (secondary N) is 1. The van der Waals surface area contributed by atoms with Crippen molar-refractivity contribution >= 4 is 17.9 Å². The summed E-state index contributed by atoms with van der Waals surface area (Å²) in [5.74, 6) is 1.12. The number of pyridine rings is 3. The molecule has 0 fully saturated rings. The highest BCUT2D eigenvalue weighted by atomic mass is 15.0. The number of aromatic nitrogens is 5. The zero-order chi connectivity index (χ0) is 40.5. The van der Waals surface area contributed by atoms with Crippen molar-refractivity contribution in [2.75, 3.05) is 0 Å². The lowest BCUT2D eigenvalue weighted by atomic mass is 10.0. The molecule has 0 bridgehead atoms. The van der Waals surface area contributed by atoms with Gasteiger partial charge in [0.05, 0.1) is 34.2 Å². The normalized spacial score (nSPS) is 11.4. The first-order chi connectivity index (χ1) is 29.6. The number of amidine groups is 2. The summed E-state index contributed by atoms with van der Waals surface area (Å²) in [6.07, 6.45) is 5.32. The van der Waals surface area contributed by atoms with Crippen LogP contribution in [0.25, 0.3) is 67.8 Å². The molecule has 4 heterocycles. The molecule has 0 aliphatic rings. The fraction of sp³-hybridized carbons (Fsp3) is 0. The van der Waals surface area contributed by atoms with Gasteiger partial charge < -0.3 is 0 Å². The lowest BCUT2D eigenvalue weighted by Gasteiger charge is -2.11. The summed E-state index contributed by atoms with van der Waals surface area (Å²) in [5, 5.41) is 8.73. The molecule has 0 amide bonds. The van der Waals surface area contributed by atoms with Crippen LogP contribution in [0, 0.1) is 5.41 Å². The van der Waals surface area contributed by atoms with Crippen molar-refractivity contribution in [3.63, 3.8) is 0 Å². The Kier molecular flexibility index (Phi) is 10.8. The van der Waals surface area contributed by atoms with Crippen molar-refractivity contribution in [2.24, 2.45) is 9.98 Å². The second-order valence-corrected chi connectivity index (χ2v) is 13.9. The minimum Gasteiger partial charge on any atom is -0.282 e. The quantitative estimate of drug-likeness (QED) is 0.116. The van der Waals surface area contributed by atoms with Crippen molar-refractivity contribution < 1.29 is 0 Å². The van der Waals surface area contributed by atoms with Crippen LogP contribution in [0.4, 0.5) is 0 Å². The van der Waals surface area contributed by atoms with Gasteiger partial charge >= 0.3 is 0 Å². The topological polar surface area (TPSA) is 113 Å². The molecule has 0 aliphatic carbocycles. The molecule has 5 aromatic carbocycles. The molecule has 60 heavy (non-hydrogen) atoms. The van der Waals surface area contributed by atoms with Crippen LogP contribution in [0.15, 0.2) is 217 Å². The lowest BCUT2D eigenvalue weighted by molar-refractivity contribution is 1.17. The Morgan fingerprint density at radius 3 is 1.52 bits per heavy atom. The minimum absolute atomic E-state index is 0.105. The lowest BCUT2D eigenvalue weighted by Crippen LogP contribution is -2.05. The van der Waals surface area contributed by atoms with E-state index in [9.17, 15) is 0 Å². The number of rotatable bonds is 9. The summed E-state index contributed by atoms with van der Waals surface area (Å²) in [6.45, 7) is 0. The van der Waals surface area contributed by atoms with E-state index in [0.29, 0.717) is 45.6 Å². The number of nitrogens with zero attached hydrogens (tertiary/aromatic N) is 7. The van der Waals surface area contributed by atoms with Gasteiger partial charge in [-0.3, -0.25) is 15.4 Å². The van der Waals surface area contributed by atoms with Gasteiger partial charge in [-0.05, 0) is 59.2 Å². The van der Waals surface area contributed by atoms with Gasteiger partial charge in [-0.1, -0.05) is 152 Å². The Labute approximate surface area is 348 Å². The van der Waals surface area contributed by atoms with Crippen LogP contribution in [-0.4, -0.2) is 42.8 Å². The SMILES string of the molecule is N=C(N=C(N=Cc1ccccc1)c1ccc(-c2cc(-c3ccccc3)cc(-c3ccc(-c4cc(-c5ccccc5)nc(-c5ccccc5)n4)cn3)n2)nc1)c1ccccc1. The van der Waals surface area contributed by atoms with E-state index < -0.39 is 0 Å². The predicted octanol–water partition coefficient (Wildman–Crippen LogP) is 11.6. The molecule has 4 aromatic heterocycles. The zero-order valence-corrected chi connectivity index (χ0v) is 32.3. The summed E-state index contributed by atoms with van der Waals surface area (Å²) in [5.41, 5.74) is 11.5. The first-order valence-corrected chi connectivity index (χ1v) is 19.5. The van der Waals surface area contributed by atoms with Gasteiger partial charge in [-0.25, -0.2) is 24.9 Å². The molecular formula is C52H36N8. The Balaban J connectivity index is 1.07. The Morgan fingerprint density at radius 1 is 0.400 bits per heavy atom. The van der Waals surface area contributed by atoms with Crippen LogP contribution in [0.5, 0.6) is 0 Å². The third-order valence-electron chi connectivity index (χ3n) is 9.77. The molecule has 9 aromatic rings. The smallest absolute Gasteiger partial charge is 0.163 e. The first kappa shape index (κ1) is 37.2. The van der Waals surface area contributed by atoms with E-state index in [0.717, 1.165) is 44.8 Å². The molecule has 0 atom stereocenters. The average Bonchev–Trinajstić information content (AvgIpc) is 3.34. The van der Waals surface area contributed by atoms with E-state index in [1.54, 1.807) is 12.4 Å². The Hall–Kier alpha value is -8.36. The summed E-state index contributed by atoms with van der Waals surface area (Å²) in [7, 11) is 0. The van der Waals surface area contributed by atoms with Crippen molar-refractivity contribution in [3.8, 4) is 67.8 Å². The second-order valence-electron chi connectivity index (χ2n) is 13.9. The fourth-order valence-electron chi connectivity index (χ4n) is 6.64. The molecule has 0 saturated carbocycles. The van der Waals surface area contributed by atoms with Crippen molar-refractivity contribution in [1.29, 1.82) is 5.41 Å². The van der Waals surface area contributed by atoms with E-state index >= 15 is 0 Å².